The van der Waals surface area contributed by atoms with Crippen LogP contribution < -0.4 is 0 Å². The quantitative estimate of drug-likeness (QED) is 0.770. The molecule has 5 heteroatoms. The second kappa shape index (κ2) is 7.05. The van der Waals surface area contributed by atoms with E-state index in [0.29, 0.717) is 18.7 Å². The van der Waals surface area contributed by atoms with E-state index in [9.17, 15) is 9.59 Å². The third-order valence-corrected chi connectivity index (χ3v) is 3.47. The summed E-state index contributed by atoms with van der Waals surface area (Å²) in [6.07, 6.45) is 0. The van der Waals surface area contributed by atoms with Crippen LogP contribution in [-0.2, 0) is 9.53 Å². The molecular formula is C15H20N2O3. The Morgan fingerprint density at radius 2 is 1.75 bits per heavy atom. The zero-order valence-electron chi connectivity index (χ0n) is 11.7. The predicted molar refractivity (Wildman–Crippen MR) is 75.4 cm³/mol. The fraction of sp³-hybridized carbons (Fsp3) is 0.467. The SMILES string of the molecule is CC(=O)N1CCN(CCOC(=O)c2ccccc2)CC1. The zero-order valence-corrected chi connectivity index (χ0v) is 11.7. The van der Waals surface area contributed by atoms with Gasteiger partial charge >= 0.3 is 5.97 Å². The van der Waals surface area contributed by atoms with Crippen LogP contribution in [0.4, 0.5) is 0 Å². The van der Waals surface area contributed by atoms with Gasteiger partial charge in [-0.05, 0) is 12.1 Å². The summed E-state index contributed by atoms with van der Waals surface area (Å²) in [6, 6.07) is 8.99. The van der Waals surface area contributed by atoms with Gasteiger partial charge in [0, 0.05) is 39.6 Å². The number of carbonyl (C=O) groups excluding carboxylic acids is 2. The minimum atomic E-state index is -0.284. The van der Waals surface area contributed by atoms with Gasteiger partial charge in [-0.2, -0.15) is 0 Å². The fourth-order valence-corrected chi connectivity index (χ4v) is 2.21. The van der Waals surface area contributed by atoms with Crippen molar-refractivity contribution in [3.63, 3.8) is 0 Å². The highest BCUT2D eigenvalue weighted by atomic mass is 16.5. The van der Waals surface area contributed by atoms with Crippen molar-refractivity contribution in [1.29, 1.82) is 0 Å². The van der Waals surface area contributed by atoms with Crippen molar-refractivity contribution in [2.45, 2.75) is 6.92 Å². The van der Waals surface area contributed by atoms with E-state index in [4.69, 9.17) is 4.74 Å². The Labute approximate surface area is 119 Å². The van der Waals surface area contributed by atoms with Crippen LogP contribution >= 0.6 is 0 Å². The molecule has 0 aliphatic carbocycles. The van der Waals surface area contributed by atoms with Gasteiger partial charge in [0.05, 0.1) is 5.56 Å². The number of benzene rings is 1. The van der Waals surface area contributed by atoms with Crippen LogP contribution in [0.3, 0.4) is 0 Å². The number of rotatable bonds is 4. The van der Waals surface area contributed by atoms with Crippen molar-refractivity contribution in [3.05, 3.63) is 35.9 Å². The van der Waals surface area contributed by atoms with Crippen molar-refractivity contribution >= 4 is 11.9 Å². The molecule has 0 saturated carbocycles. The van der Waals surface area contributed by atoms with Crippen LogP contribution in [0.25, 0.3) is 0 Å². The Bertz CT molecular complexity index is 453. The molecule has 1 aliphatic heterocycles. The first-order valence-electron chi connectivity index (χ1n) is 6.87. The molecule has 0 bridgehead atoms. The average Bonchev–Trinajstić information content (AvgIpc) is 2.48. The minimum Gasteiger partial charge on any atom is -0.461 e. The highest BCUT2D eigenvalue weighted by molar-refractivity contribution is 5.89. The van der Waals surface area contributed by atoms with E-state index in [1.165, 1.54) is 0 Å². The number of esters is 1. The van der Waals surface area contributed by atoms with Crippen LogP contribution in [0.2, 0.25) is 0 Å². The van der Waals surface area contributed by atoms with E-state index in [0.717, 1.165) is 26.2 Å². The van der Waals surface area contributed by atoms with Crippen LogP contribution in [0.15, 0.2) is 30.3 Å². The lowest BCUT2D eigenvalue weighted by atomic mass is 10.2. The van der Waals surface area contributed by atoms with Gasteiger partial charge < -0.3 is 9.64 Å². The molecule has 0 unspecified atom stereocenters. The van der Waals surface area contributed by atoms with Crippen LogP contribution in [0, 0.1) is 0 Å². The van der Waals surface area contributed by atoms with Crippen molar-refractivity contribution in [2.75, 3.05) is 39.3 Å². The van der Waals surface area contributed by atoms with Gasteiger partial charge in [0.2, 0.25) is 5.91 Å². The third-order valence-electron chi connectivity index (χ3n) is 3.47. The molecule has 0 radical (unpaired) electrons. The summed E-state index contributed by atoms with van der Waals surface area (Å²) in [5.41, 5.74) is 0.578. The molecule has 0 N–H and O–H groups in total. The molecule has 1 aromatic rings. The molecule has 1 aromatic carbocycles. The monoisotopic (exact) mass is 276 g/mol. The minimum absolute atomic E-state index is 0.125. The van der Waals surface area contributed by atoms with E-state index in [1.54, 1.807) is 19.1 Å². The van der Waals surface area contributed by atoms with E-state index >= 15 is 0 Å². The summed E-state index contributed by atoms with van der Waals surface area (Å²) in [6.45, 7) is 5.87. The first-order chi connectivity index (χ1) is 9.66. The van der Waals surface area contributed by atoms with Gasteiger partial charge in [-0.25, -0.2) is 4.79 Å². The van der Waals surface area contributed by atoms with E-state index < -0.39 is 0 Å². The molecule has 1 amide bonds. The van der Waals surface area contributed by atoms with Crippen molar-refractivity contribution in [3.8, 4) is 0 Å². The van der Waals surface area contributed by atoms with Gasteiger partial charge in [-0.15, -0.1) is 0 Å². The van der Waals surface area contributed by atoms with Gasteiger partial charge in [0.15, 0.2) is 0 Å². The summed E-state index contributed by atoms with van der Waals surface area (Å²) in [5.74, 6) is -0.159. The molecule has 1 aliphatic rings. The summed E-state index contributed by atoms with van der Waals surface area (Å²) in [7, 11) is 0. The maximum atomic E-state index is 11.7. The number of amides is 1. The Morgan fingerprint density at radius 3 is 2.35 bits per heavy atom. The average molecular weight is 276 g/mol. The molecule has 1 saturated heterocycles. The topological polar surface area (TPSA) is 49.9 Å². The van der Waals surface area contributed by atoms with Crippen LogP contribution in [0.1, 0.15) is 17.3 Å². The van der Waals surface area contributed by atoms with Gasteiger partial charge in [0.25, 0.3) is 0 Å². The van der Waals surface area contributed by atoms with Crippen LogP contribution in [-0.4, -0.2) is 61.0 Å². The number of nitrogens with zero attached hydrogens (tertiary/aromatic N) is 2. The van der Waals surface area contributed by atoms with E-state index in [1.807, 2.05) is 23.1 Å². The summed E-state index contributed by atoms with van der Waals surface area (Å²) < 4.78 is 5.24. The maximum Gasteiger partial charge on any atom is 0.338 e. The number of hydrogen-bond donors (Lipinski definition) is 0. The lowest BCUT2D eigenvalue weighted by molar-refractivity contribution is -0.130. The van der Waals surface area contributed by atoms with E-state index in [-0.39, 0.29) is 11.9 Å². The molecule has 1 heterocycles. The maximum absolute atomic E-state index is 11.7. The molecular weight excluding hydrogens is 256 g/mol. The van der Waals surface area contributed by atoms with Crippen molar-refractivity contribution < 1.29 is 14.3 Å². The van der Waals surface area contributed by atoms with Crippen molar-refractivity contribution in [2.24, 2.45) is 0 Å². The number of carbonyl (C=O) groups is 2. The highest BCUT2D eigenvalue weighted by Crippen LogP contribution is 2.03. The molecule has 0 spiro atoms. The Hall–Kier alpha value is -1.88. The normalized spacial score (nSPS) is 15.9. The molecule has 0 atom stereocenters. The predicted octanol–water partition coefficient (Wildman–Crippen LogP) is 1.01. The fourth-order valence-electron chi connectivity index (χ4n) is 2.21. The van der Waals surface area contributed by atoms with Crippen LogP contribution in [0.5, 0.6) is 0 Å². The summed E-state index contributed by atoms with van der Waals surface area (Å²) in [4.78, 5) is 27.0. The molecule has 1 fully saturated rings. The third kappa shape index (κ3) is 4.06. The van der Waals surface area contributed by atoms with Crippen molar-refractivity contribution in [1.82, 2.24) is 9.80 Å². The first kappa shape index (κ1) is 14.5. The summed E-state index contributed by atoms with van der Waals surface area (Å²) >= 11 is 0. The first-order valence-corrected chi connectivity index (χ1v) is 6.87. The Balaban J connectivity index is 1.67. The van der Waals surface area contributed by atoms with Gasteiger partial charge in [0.1, 0.15) is 6.61 Å². The van der Waals surface area contributed by atoms with Gasteiger partial charge in [-0.3, -0.25) is 9.69 Å². The lowest BCUT2D eigenvalue weighted by Crippen LogP contribution is -2.48. The molecule has 108 valence electrons. The standard InChI is InChI=1S/C15H20N2O3/c1-13(18)17-9-7-16(8-10-17)11-12-20-15(19)14-5-3-2-4-6-14/h2-6H,7-12H2,1H3. The smallest absolute Gasteiger partial charge is 0.338 e. The highest BCUT2D eigenvalue weighted by Gasteiger charge is 2.18. The summed E-state index contributed by atoms with van der Waals surface area (Å²) in [5, 5.41) is 0. The molecule has 0 aromatic heterocycles. The lowest BCUT2D eigenvalue weighted by Gasteiger charge is -2.33. The second-order valence-electron chi connectivity index (χ2n) is 4.85. The van der Waals surface area contributed by atoms with Gasteiger partial charge in [-0.1, -0.05) is 18.2 Å². The zero-order chi connectivity index (χ0) is 14.4. The Kier molecular flexibility index (Phi) is 5.12. The Morgan fingerprint density at radius 1 is 1.10 bits per heavy atom. The van der Waals surface area contributed by atoms with E-state index in [2.05, 4.69) is 4.90 Å². The number of piperazine rings is 1. The number of hydrogen-bond acceptors (Lipinski definition) is 4. The molecule has 2 rings (SSSR count). The largest absolute Gasteiger partial charge is 0.461 e. The molecule has 5 nitrogen and oxygen atoms in total. The molecule has 20 heavy (non-hydrogen) atoms. The second-order valence-corrected chi connectivity index (χ2v) is 4.85. The number of ether oxygens (including phenoxy) is 1.